The van der Waals surface area contributed by atoms with Crippen LogP contribution >= 0.6 is 0 Å². The van der Waals surface area contributed by atoms with Gasteiger partial charge in [0, 0.05) is 6.54 Å². The Morgan fingerprint density at radius 2 is 2.15 bits per heavy atom. The van der Waals surface area contributed by atoms with Gasteiger partial charge >= 0.3 is 0 Å². The highest BCUT2D eigenvalue weighted by molar-refractivity contribution is 5.85. The summed E-state index contributed by atoms with van der Waals surface area (Å²) in [4.78, 5) is 11.5. The molecule has 1 saturated carbocycles. The number of carbonyl (C=O) groups excluding carboxylic acids is 1. The van der Waals surface area contributed by atoms with E-state index in [4.69, 9.17) is 5.73 Å². The molecule has 3 N–H and O–H groups in total. The lowest BCUT2D eigenvalue weighted by Gasteiger charge is -2.22. The van der Waals surface area contributed by atoms with E-state index in [1.807, 2.05) is 6.92 Å². The van der Waals surface area contributed by atoms with Gasteiger partial charge in [0.1, 0.15) is 0 Å². The van der Waals surface area contributed by atoms with Gasteiger partial charge in [-0.15, -0.1) is 0 Å². The van der Waals surface area contributed by atoms with Crippen LogP contribution in [-0.2, 0) is 4.79 Å². The van der Waals surface area contributed by atoms with E-state index in [0.717, 1.165) is 6.54 Å². The Hall–Kier alpha value is -0.570. The number of hydrogen-bond donors (Lipinski definition) is 2. The van der Waals surface area contributed by atoms with Gasteiger partial charge in [0.25, 0.3) is 0 Å². The van der Waals surface area contributed by atoms with Crippen LogP contribution in [-0.4, -0.2) is 18.0 Å². The average Bonchev–Trinajstić information content (AvgIpc) is 2.80. The molecule has 0 aromatic carbocycles. The number of amides is 1. The molecular formula is C10H20N2O. The molecule has 0 heterocycles. The Balaban J connectivity index is 2.32. The first-order valence-corrected chi connectivity index (χ1v) is 4.97. The van der Waals surface area contributed by atoms with Crippen LogP contribution < -0.4 is 11.1 Å². The van der Waals surface area contributed by atoms with E-state index in [2.05, 4.69) is 12.2 Å². The van der Waals surface area contributed by atoms with E-state index in [1.54, 1.807) is 6.92 Å². The molecule has 0 saturated heterocycles. The monoisotopic (exact) mass is 184 g/mol. The summed E-state index contributed by atoms with van der Waals surface area (Å²) in [5.41, 5.74) is 5.45. The van der Waals surface area contributed by atoms with Crippen molar-refractivity contribution in [2.45, 2.75) is 45.6 Å². The predicted molar refractivity (Wildman–Crippen MR) is 53.2 cm³/mol. The molecule has 0 aromatic rings. The van der Waals surface area contributed by atoms with Crippen molar-refractivity contribution < 1.29 is 4.79 Å². The second-order valence-corrected chi connectivity index (χ2v) is 4.76. The molecule has 1 amide bonds. The van der Waals surface area contributed by atoms with Crippen LogP contribution in [0.15, 0.2) is 0 Å². The molecule has 0 bridgehead atoms. The number of nitrogens with one attached hydrogen (secondary N) is 1. The third-order valence-electron chi connectivity index (χ3n) is 3.03. The van der Waals surface area contributed by atoms with Crippen molar-refractivity contribution >= 4 is 5.91 Å². The molecule has 76 valence electrons. The van der Waals surface area contributed by atoms with Crippen LogP contribution in [0.25, 0.3) is 0 Å². The highest BCUT2D eigenvalue weighted by Gasteiger charge is 2.38. The van der Waals surface area contributed by atoms with Gasteiger partial charge in [-0.2, -0.15) is 0 Å². The molecule has 0 aromatic heterocycles. The quantitative estimate of drug-likeness (QED) is 0.685. The topological polar surface area (TPSA) is 55.1 Å². The fourth-order valence-electron chi connectivity index (χ4n) is 1.05. The molecule has 1 atom stereocenters. The van der Waals surface area contributed by atoms with Crippen LogP contribution in [0.5, 0.6) is 0 Å². The van der Waals surface area contributed by atoms with E-state index >= 15 is 0 Å². The van der Waals surface area contributed by atoms with Gasteiger partial charge in [-0.05, 0) is 31.6 Å². The Morgan fingerprint density at radius 3 is 2.54 bits per heavy atom. The van der Waals surface area contributed by atoms with Gasteiger partial charge < -0.3 is 11.1 Å². The van der Waals surface area contributed by atoms with Crippen LogP contribution in [0.1, 0.15) is 40.0 Å². The number of nitrogens with two attached hydrogens (primary N) is 1. The van der Waals surface area contributed by atoms with E-state index < -0.39 is 5.54 Å². The summed E-state index contributed by atoms with van der Waals surface area (Å²) >= 11 is 0. The van der Waals surface area contributed by atoms with Crippen LogP contribution in [0.2, 0.25) is 0 Å². The lowest BCUT2D eigenvalue weighted by molar-refractivity contribution is -0.126. The minimum absolute atomic E-state index is 0.0249. The third-order valence-corrected chi connectivity index (χ3v) is 3.03. The Kier molecular flexibility index (Phi) is 2.66. The molecule has 1 unspecified atom stereocenters. The Labute approximate surface area is 80.1 Å². The van der Waals surface area contributed by atoms with Gasteiger partial charge in [0.15, 0.2) is 0 Å². The van der Waals surface area contributed by atoms with Crippen molar-refractivity contribution in [1.82, 2.24) is 5.32 Å². The second-order valence-electron chi connectivity index (χ2n) is 4.76. The minimum Gasteiger partial charge on any atom is -0.354 e. The standard InChI is InChI=1S/C10H20N2O/c1-4-10(3,11)8(13)12-7-9(2)5-6-9/h4-7,11H2,1-3H3,(H,12,13). The fraction of sp³-hybridized carbons (Fsp3) is 0.900. The predicted octanol–water partition coefficient (Wildman–Crippen LogP) is 1.03. The summed E-state index contributed by atoms with van der Waals surface area (Å²) in [5, 5.41) is 2.91. The number of carbonyl (C=O) groups is 1. The van der Waals surface area contributed by atoms with Crippen LogP contribution in [0, 0.1) is 5.41 Å². The molecule has 13 heavy (non-hydrogen) atoms. The maximum atomic E-state index is 11.5. The second kappa shape index (κ2) is 3.29. The summed E-state index contributed by atoms with van der Waals surface area (Å²) in [6.45, 7) is 6.67. The van der Waals surface area contributed by atoms with Crippen molar-refractivity contribution in [2.24, 2.45) is 11.1 Å². The van der Waals surface area contributed by atoms with Crippen LogP contribution in [0.4, 0.5) is 0 Å². The summed E-state index contributed by atoms with van der Waals surface area (Å²) in [5.74, 6) is -0.0249. The van der Waals surface area contributed by atoms with Gasteiger partial charge in [-0.3, -0.25) is 4.79 Å². The maximum Gasteiger partial charge on any atom is 0.239 e. The lowest BCUT2D eigenvalue weighted by Crippen LogP contribution is -2.52. The SMILES string of the molecule is CCC(C)(N)C(=O)NCC1(C)CC1. The van der Waals surface area contributed by atoms with Crippen LogP contribution in [0.3, 0.4) is 0 Å². The van der Waals surface area contributed by atoms with Gasteiger partial charge in [0.05, 0.1) is 5.54 Å². The number of rotatable bonds is 4. The molecule has 3 nitrogen and oxygen atoms in total. The van der Waals surface area contributed by atoms with E-state index in [9.17, 15) is 4.79 Å². The first-order valence-electron chi connectivity index (χ1n) is 4.97. The molecule has 1 aliphatic carbocycles. The molecule has 1 aliphatic rings. The number of hydrogen-bond acceptors (Lipinski definition) is 2. The van der Waals surface area contributed by atoms with Gasteiger partial charge in [-0.25, -0.2) is 0 Å². The highest BCUT2D eigenvalue weighted by atomic mass is 16.2. The zero-order valence-corrected chi connectivity index (χ0v) is 8.81. The fourth-order valence-corrected chi connectivity index (χ4v) is 1.05. The van der Waals surface area contributed by atoms with Crippen molar-refractivity contribution in [2.75, 3.05) is 6.54 Å². The van der Waals surface area contributed by atoms with Crippen molar-refractivity contribution in [3.05, 3.63) is 0 Å². The summed E-state index contributed by atoms with van der Waals surface area (Å²) in [6, 6.07) is 0. The summed E-state index contributed by atoms with van der Waals surface area (Å²) in [7, 11) is 0. The molecule has 1 fully saturated rings. The Bertz CT molecular complexity index is 207. The van der Waals surface area contributed by atoms with Gasteiger partial charge in [0.2, 0.25) is 5.91 Å². The van der Waals surface area contributed by atoms with E-state index in [-0.39, 0.29) is 5.91 Å². The normalized spacial score (nSPS) is 23.4. The smallest absolute Gasteiger partial charge is 0.239 e. The third kappa shape index (κ3) is 2.69. The minimum atomic E-state index is -0.703. The first kappa shape index (κ1) is 10.5. The molecule has 0 radical (unpaired) electrons. The average molecular weight is 184 g/mol. The lowest BCUT2D eigenvalue weighted by atomic mass is 9.99. The Morgan fingerprint density at radius 1 is 1.62 bits per heavy atom. The molecule has 3 heteroatoms. The largest absolute Gasteiger partial charge is 0.354 e. The zero-order valence-electron chi connectivity index (χ0n) is 8.81. The van der Waals surface area contributed by atoms with Crippen molar-refractivity contribution in [3.63, 3.8) is 0 Å². The molecule has 0 aliphatic heterocycles. The maximum absolute atomic E-state index is 11.5. The molecular weight excluding hydrogens is 164 g/mol. The summed E-state index contributed by atoms with van der Waals surface area (Å²) in [6.07, 6.45) is 3.12. The van der Waals surface area contributed by atoms with Gasteiger partial charge in [-0.1, -0.05) is 13.8 Å². The van der Waals surface area contributed by atoms with Crippen molar-refractivity contribution in [1.29, 1.82) is 0 Å². The first-order chi connectivity index (χ1) is 5.90. The highest BCUT2D eigenvalue weighted by Crippen LogP contribution is 2.44. The molecule has 0 spiro atoms. The van der Waals surface area contributed by atoms with E-state index in [0.29, 0.717) is 11.8 Å². The van der Waals surface area contributed by atoms with E-state index in [1.165, 1.54) is 12.8 Å². The van der Waals surface area contributed by atoms with Crippen molar-refractivity contribution in [3.8, 4) is 0 Å². The summed E-state index contributed by atoms with van der Waals surface area (Å²) < 4.78 is 0. The zero-order chi connectivity index (χ0) is 10.1. The molecule has 1 rings (SSSR count).